The number of nitrogens with one attached hydrogen (secondary N) is 1. The van der Waals surface area contributed by atoms with Crippen molar-refractivity contribution < 1.29 is 4.74 Å². The van der Waals surface area contributed by atoms with Crippen molar-refractivity contribution in [2.75, 3.05) is 20.3 Å². The van der Waals surface area contributed by atoms with Crippen molar-refractivity contribution in [3.8, 4) is 0 Å². The van der Waals surface area contributed by atoms with Crippen LogP contribution in [0.4, 0.5) is 0 Å². The summed E-state index contributed by atoms with van der Waals surface area (Å²) in [7, 11) is 1.73. The molecular weight excluding hydrogens is 257 g/mol. The van der Waals surface area contributed by atoms with Crippen molar-refractivity contribution in [1.82, 2.24) is 5.32 Å². The fourth-order valence-corrected chi connectivity index (χ4v) is 2.12. The molecule has 0 aliphatic rings. The summed E-state index contributed by atoms with van der Waals surface area (Å²) < 4.78 is 4.99. The molecule has 1 aromatic carbocycles. The number of rotatable bonds is 8. The Bertz CT molecular complexity index is 311. The molecule has 0 heterocycles. The molecular formula is C13H19Cl2NO. The van der Waals surface area contributed by atoms with E-state index in [2.05, 4.69) is 5.32 Å². The summed E-state index contributed by atoms with van der Waals surface area (Å²) >= 11 is 12.1. The number of methoxy groups -OCH3 is 1. The molecule has 1 N–H and O–H groups in total. The lowest BCUT2D eigenvalue weighted by molar-refractivity contribution is 0.192. The molecule has 0 spiro atoms. The highest BCUT2D eigenvalue weighted by molar-refractivity contribution is 6.35. The molecule has 0 aliphatic heterocycles. The lowest BCUT2D eigenvalue weighted by atomic mass is 10.2. The van der Waals surface area contributed by atoms with Gasteiger partial charge in [0.1, 0.15) is 0 Å². The quantitative estimate of drug-likeness (QED) is 0.727. The Balaban J connectivity index is 2.18. The third kappa shape index (κ3) is 5.73. The molecule has 0 amide bonds. The molecule has 4 heteroatoms. The first-order valence-corrected chi connectivity index (χ1v) is 6.64. The predicted molar refractivity (Wildman–Crippen MR) is 73.9 cm³/mol. The van der Waals surface area contributed by atoms with Gasteiger partial charge >= 0.3 is 0 Å². The summed E-state index contributed by atoms with van der Waals surface area (Å²) in [6, 6.07) is 5.59. The Kier molecular flexibility index (Phi) is 7.62. The Morgan fingerprint density at radius 3 is 2.47 bits per heavy atom. The van der Waals surface area contributed by atoms with E-state index in [9.17, 15) is 0 Å². The van der Waals surface area contributed by atoms with Crippen LogP contribution in [0.25, 0.3) is 0 Å². The smallest absolute Gasteiger partial charge is 0.0465 e. The Morgan fingerprint density at radius 2 is 1.82 bits per heavy atom. The van der Waals surface area contributed by atoms with E-state index in [4.69, 9.17) is 27.9 Å². The van der Waals surface area contributed by atoms with Gasteiger partial charge in [-0.25, -0.2) is 0 Å². The van der Waals surface area contributed by atoms with Gasteiger partial charge in [0.25, 0.3) is 0 Å². The highest BCUT2D eigenvalue weighted by Crippen LogP contribution is 2.23. The van der Waals surface area contributed by atoms with Crippen molar-refractivity contribution in [2.24, 2.45) is 0 Å². The molecule has 17 heavy (non-hydrogen) atoms. The van der Waals surface area contributed by atoms with Crippen LogP contribution in [-0.2, 0) is 11.3 Å². The van der Waals surface area contributed by atoms with Crippen molar-refractivity contribution >= 4 is 23.2 Å². The molecule has 0 radical (unpaired) electrons. The maximum atomic E-state index is 6.07. The number of ether oxygens (including phenoxy) is 1. The van der Waals surface area contributed by atoms with Gasteiger partial charge in [-0.1, -0.05) is 29.3 Å². The highest BCUT2D eigenvalue weighted by atomic mass is 35.5. The van der Waals surface area contributed by atoms with E-state index in [0.717, 1.165) is 48.1 Å². The first-order valence-electron chi connectivity index (χ1n) is 5.88. The van der Waals surface area contributed by atoms with Crippen LogP contribution >= 0.6 is 23.2 Å². The zero-order valence-electron chi connectivity index (χ0n) is 10.1. The van der Waals surface area contributed by atoms with Gasteiger partial charge in [0.15, 0.2) is 0 Å². The van der Waals surface area contributed by atoms with Crippen LogP contribution in [0.15, 0.2) is 18.2 Å². The van der Waals surface area contributed by atoms with Crippen molar-refractivity contribution in [3.63, 3.8) is 0 Å². The maximum absolute atomic E-state index is 6.07. The third-order valence-corrected chi connectivity index (χ3v) is 3.27. The fraction of sp³-hybridized carbons (Fsp3) is 0.538. The molecule has 0 bridgehead atoms. The van der Waals surface area contributed by atoms with Gasteiger partial charge in [0.2, 0.25) is 0 Å². The van der Waals surface area contributed by atoms with Gasteiger partial charge in [-0.15, -0.1) is 0 Å². The maximum Gasteiger partial charge on any atom is 0.0465 e. The molecule has 1 aromatic rings. The first-order chi connectivity index (χ1) is 8.25. The molecule has 2 nitrogen and oxygen atoms in total. The molecule has 0 unspecified atom stereocenters. The summed E-state index contributed by atoms with van der Waals surface area (Å²) in [5, 5.41) is 4.80. The van der Waals surface area contributed by atoms with Crippen LogP contribution in [0.3, 0.4) is 0 Å². The zero-order valence-corrected chi connectivity index (χ0v) is 11.7. The summed E-state index contributed by atoms with van der Waals surface area (Å²) in [6.07, 6.45) is 3.44. The van der Waals surface area contributed by atoms with Crippen LogP contribution in [0.1, 0.15) is 24.8 Å². The molecule has 0 saturated carbocycles. The SMILES string of the molecule is COCCCCCNCc1c(Cl)cccc1Cl. The molecule has 0 atom stereocenters. The minimum Gasteiger partial charge on any atom is -0.385 e. The summed E-state index contributed by atoms with van der Waals surface area (Å²) in [4.78, 5) is 0. The van der Waals surface area contributed by atoms with E-state index >= 15 is 0 Å². The Morgan fingerprint density at radius 1 is 1.12 bits per heavy atom. The van der Waals surface area contributed by atoms with Gasteiger partial charge in [0, 0.05) is 35.9 Å². The fourth-order valence-electron chi connectivity index (χ4n) is 1.59. The minimum absolute atomic E-state index is 0.725. The van der Waals surface area contributed by atoms with Gasteiger partial charge in [-0.2, -0.15) is 0 Å². The number of halogens is 2. The minimum atomic E-state index is 0.725. The second-order valence-electron chi connectivity index (χ2n) is 3.93. The second-order valence-corrected chi connectivity index (χ2v) is 4.74. The van der Waals surface area contributed by atoms with Crippen LogP contribution in [0, 0.1) is 0 Å². The van der Waals surface area contributed by atoms with Gasteiger partial charge in [-0.3, -0.25) is 0 Å². The normalized spacial score (nSPS) is 10.8. The van der Waals surface area contributed by atoms with Gasteiger partial charge in [-0.05, 0) is 37.9 Å². The molecule has 0 aromatic heterocycles. The summed E-state index contributed by atoms with van der Waals surface area (Å²) in [5.41, 5.74) is 0.979. The van der Waals surface area contributed by atoms with Crippen molar-refractivity contribution in [3.05, 3.63) is 33.8 Å². The second kappa shape index (κ2) is 8.76. The van der Waals surface area contributed by atoms with Crippen LogP contribution < -0.4 is 5.32 Å². The van der Waals surface area contributed by atoms with E-state index < -0.39 is 0 Å². The van der Waals surface area contributed by atoms with E-state index in [0.29, 0.717) is 0 Å². The van der Waals surface area contributed by atoms with E-state index in [1.807, 2.05) is 18.2 Å². The largest absolute Gasteiger partial charge is 0.385 e. The van der Waals surface area contributed by atoms with E-state index in [1.54, 1.807) is 7.11 Å². The third-order valence-electron chi connectivity index (χ3n) is 2.57. The van der Waals surface area contributed by atoms with E-state index in [-0.39, 0.29) is 0 Å². The topological polar surface area (TPSA) is 21.3 Å². The highest BCUT2D eigenvalue weighted by Gasteiger charge is 2.03. The average Bonchev–Trinajstić information content (AvgIpc) is 2.31. The average molecular weight is 276 g/mol. The Hall–Kier alpha value is -0.280. The molecule has 0 fully saturated rings. The molecule has 0 saturated heterocycles. The number of unbranched alkanes of at least 4 members (excludes halogenated alkanes) is 2. The number of hydrogen-bond acceptors (Lipinski definition) is 2. The lowest BCUT2D eigenvalue weighted by Crippen LogP contribution is -2.15. The predicted octanol–water partition coefficient (Wildman–Crippen LogP) is 3.90. The molecule has 1 rings (SSSR count). The number of benzene rings is 1. The van der Waals surface area contributed by atoms with Crippen LogP contribution in [-0.4, -0.2) is 20.3 Å². The van der Waals surface area contributed by atoms with Gasteiger partial charge < -0.3 is 10.1 Å². The number of hydrogen-bond donors (Lipinski definition) is 1. The van der Waals surface area contributed by atoms with Crippen LogP contribution in [0.5, 0.6) is 0 Å². The van der Waals surface area contributed by atoms with Crippen molar-refractivity contribution in [1.29, 1.82) is 0 Å². The first kappa shape index (κ1) is 14.8. The monoisotopic (exact) mass is 275 g/mol. The Labute approximate surface area is 113 Å². The lowest BCUT2D eigenvalue weighted by Gasteiger charge is -2.08. The zero-order chi connectivity index (χ0) is 12.5. The standard InChI is InChI=1S/C13H19Cl2NO/c1-17-9-4-2-3-8-16-10-11-12(14)6-5-7-13(11)15/h5-7,16H,2-4,8-10H2,1H3. The summed E-state index contributed by atoms with van der Waals surface area (Å²) in [5.74, 6) is 0. The molecule has 0 aliphatic carbocycles. The van der Waals surface area contributed by atoms with Crippen LogP contribution in [0.2, 0.25) is 10.0 Å². The van der Waals surface area contributed by atoms with Gasteiger partial charge in [0.05, 0.1) is 0 Å². The van der Waals surface area contributed by atoms with Crippen molar-refractivity contribution in [2.45, 2.75) is 25.8 Å². The summed E-state index contributed by atoms with van der Waals surface area (Å²) in [6.45, 7) is 2.55. The molecule has 96 valence electrons. The van der Waals surface area contributed by atoms with E-state index in [1.165, 1.54) is 6.42 Å².